The molecule has 2 aromatic heterocycles. The molecule has 0 aliphatic heterocycles. The van der Waals surface area contributed by atoms with Crippen molar-refractivity contribution in [1.82, 2.24) is 25.4 Å². The summed E-state index contributed by atoms with van der Waals surface area (Å²) in [6, 6.07) is 4.22. The van der Waals surface area contributed by atoms with Gasteiger partial charge >= 0.3 is 0 Å². The van der Waals surface area contributed by atoms with Crippen LogP contribution in [0.1, 0.15) is 17.6 Å². The number of nitrogens with one attached hydrogen (secondary N) is 2. The maximum Gasteiger partial charge on any atom is 0.191 e. The van der Waals surface area contributed by atoms with Crippen molar-refractivity contribution in [3.05, 3.63) is 34.5 Å². The first-order chi connectivity index (χ1) is 9.83. The third-order valence-corrected chi connectivity index (χ3v) is 3.85. The first-order valence-corrected chi connectivity index (χ1v) is 7.55. The lowest BCUT2D eigenvalue weighted by atomic mass is 10.3. The summed E-state index contributed by atoms with van der Waals surface area (Å²) in [6.45, 7) is 4.42. The number of aromatic nitrogens is 3. The van der Waals surface area contributed by atoms with Crippen molar-refractivity contribution in [3.63, 3.8) is 0 Å². The fraction of sp³-hybridized carbons (Fsp3) is 0.462. The largest absolute Gasteiger partial charge is 0.356 e. The molecule has 0 aliphatic carbocycles. The van der Waals surface area contributed by atoms with Crippen LogP contribution in [-0.4, -0.2) is 34.3 Å². The Morgan fingerprint density at radius 1 is 1.43 bits per heavy atom. The number of aryl methyl sites for hydroxylation is 1. The maximum absolute atomic E-state index is 4.20. The van der Waals surface area contributed by atoms with Gasteiger partial charge in [-0.1, -0.05) is 6.07 Å². The van der Waals surface area contributed by atoms with Crippen LogP contribution in [0.15, 0.2) is 28.8 Å². The van der Waals surface area contributed by atoms with Crippen molar-refractivity contribution in [3.8, 4) is 0 Å². The number of guanidine groups is 1. The molecule has 21 heavy (non-hydrogen) atoms. The quantitative estimate of drug-likeness (QED) is 0.426. The minimum atomic E-state index is 0. The lowest BCUT2D eigenvalue weighted by Gasteiger charge is -2.11. The van der Waals surface area contributed by atoms with Gasteiger partial charge in [-0.05, 0) is 24.8 Å². The summed E-state index contributed by atoms with van der Waals surface area (Å²) in [7, 11) is 1.77. The summed E-state index contributed by atoms with van der Waals surface area (Å²) in [6.07, 6.45) is 2.74. The monoisotopic (exact) mass is 420 g/mol. The zero-order chi connectivity index (χ0) is 14.2. The van der Waals surface area contributed by atoms with Crippen molar-refractivity contribution >= 4 is 41.3 Å². The van der Waals surface area contributed by atoms with Crippen molar-refractivity contribution in [2.24, 2.45) is 4.99 Å². The number of nitrogens with zero attached hydrogens (tertiary/aromatic N) is 4. The van der Waals surface area contributed by atoms with Crippen LogP contribution in [0.25, 0.3) is 0 Å². The Bertz CT molecular complexity index is 537. The molecule has 2 heterocycles. The molecule has 8 heteroatoms. The molecular weight excluding hydrogens is 399 g/mol. The summed E-state index contributed by atoms with van der Waals surface area (Å²) in [5.74, 6) is 1.70. The van der Waals surface area contributed by atoms with E-state index in [-0.39, 0.29) is 24.0 Å². The van der Waals surface area contributed by atoms with Crippen LogP contribution in [0.5, 0.6) is 0 Å². The lowest BCUT2D eigenvalue weighted by molar-refractivity contribution is 0.670. The van der Waals surface area contributed by atoms with Gasteiger partial charge in [0.25, 0.3) is 0 Å². The van der Waals surface area contributed by atoms with E-state index in [1.165, 1.54) is 4.88 Å². The zero-order valence-corrected chi connectivity index (χ0v) is 15.4. The van der Waals surface area contributed by atoms with Gasteiger partial charge in [-0.15, -0.1) is 45.5 Å². The molecule has 116 valence electrons. The molecule has 0 radical (unpaired) electrons. The maximum atomic E-state index is 4.20. The molecule has 0 spiro atoms. The van der Waals surface area contributed by atoms with Gasteiger partial charge in [0.15, 0.2) is 11.8 Å². The average Bonchev–Trinajstić information content (AvgIpc) is 3.13. The highest BCUT2D eigenvalue weighted by atomic mass is 127. The van der Waals surface area contributed by atoms with E-state index in [1.54, 1.807) is 24.7 Å². The van der Waals surface area contributed by atoms with E-state index < -0.39 is 0 Å². The predicted molar refractivity (Wildman–Crippen MR) is 97.3 cm³/mol. The molecule has 0 saturated carbocycles. The number of hydrogen-bond acceptors (Lipinski definition) is 4. The zero-order valence-electron chi connectivity index (χ0n) is 12.2. The fourth-order valence-electron chi connectivity index (χ4n) is 1.82. The second kappa shape index (κ2) is 9.72. The van der Waals surface area contributed by atoms with Gasteiger partial charge in [0.2, 0.25) is 0 Å². The minimum Gasteiger partial charge on any atom is -0.356 e. The van der Waals surface area contributed by atoms with Gasteiger partial charge in [-0.3, -0.25) is 4.99 Å². The summed E-state index contributed by atoms with van der Waals surface area (Å²) in [5.41, 5.74) is 0. The normalized spacial score (nSPS) is 11.0. The number of rotatable bonds is 6. The molecule has 0 atom stereocenters. The van der Waals surface area contributed by atoms with Gasteiger partial charge in [0, 0.05) is 25.0 Å². The third-order valence-electron chi connectivity index (χ3n) is 2.92. The topological polar surface area (TPSA) is 67.1 Å². The highest BCUT2D eigenvalue weighted by molar-refractivity contribution is 14.0. The molecule has 0 fully saturated rings. The molecule has 2 aromatic rings. The number of thiophene rings is 1. The Morgan fingerprint density at radius 3 is 2.95 bits per heavy atom. The van der Waals surface area contributed by atoms with Gasteiger partial charge in [0.1, 0.15) is 6.33 Å². The van der Waals surface area contributed by atoms with E-state index in [0.717, 1.165) is 31.3 Å². The van der Waals surface area contributed by atoms with Crippen molar-refractivity contribution in [1.29, 1.82) is 0 Å². The summed E-state index contributed by atoms with van der Waals surface area (Å²) >= 11 is 1.78. The minimum absolute atomic E-state index is 0. The predicted octanol–water partition coefficient (Wildman–Crippen LogP) is 1.89. The van der Waals surface area contributed by atoms with E-state index in [1.807, 2.05) is 4.57 Å². The van der Waals surface area contributed by atoms with Crippen LogP contribution >= 0.6 is 35.3 Å². The Balaban J connectivity index is 0.00000220. The summed E-state index contributed by atoms with van der Waals surface area (Å²) in [5, 5.41) is 16.6. The van der Waals surface area contributed by atoms with E-state index in [9.17, 15) is 0 Å². The molecule has 0 unspecified atom stereocenters. The van der Waals surface area contributed by atoms with E-state index in [2.05, 4.69) is 50.3 Å². The Hall–Kier alpha value is -1.16. The Morgan fingerprint density at radius 2 is 2.29 bits per heavy atom. The lowest BCUT2D eigenvalue weighted by Crippen LogP contribution is -2.38. The van der Waals surface area contributed by atoms with Gasteiger partial charge in [-0.2, -0.15) is 0 Å². The first-order valence-electron chi connectivity index (χ1n) is 6.67. The Labute approximate surface area is 146 Å². The van der Waals surface area contributed by atoms with Gasteiger partial charge in [-0.25, -0.2) is 0 Å². The van der Waals surface area contributed by atoms with Crippen LogP contribution < -0.4 is 10.6 Å². The molecule has 6 nitrogen and oxygen atoms in total. The molecule has 0 saturated heterocycles. The second-order valence-electron chi connectivity index (χ2n) is 4.22. The highest BCUT2D eigenvalue weighted by Crippen LogP contribution is 2.07. The summed E-state index contributed by atoms with van der Waals surface area (Å²) in [4.78, 5) is 5.58. The highest BCUT2D eigenvalue weighted by Gasteiger charge is 2.04. The van der Waals surface area contributed by atoms with Crippen LogP contribution in [0.3, 0.4) is 0 Å². The van der Waals surface area contributed by atoms with Crippen molar-refractivity contribution in [2.45, 2.75) is 26.4 Å². The van der Waals surface area contributed by atoms with Crippen LogP contribution in [0.2, 0.25) is 0 Å². The fourth-order valence-corrected chi connectivity index (χ4v) is 2.53. The van der Waals surface area contributed by atoms with Gasteiger partial charge < -0.3 is 15.2 Å². The van der Waals surface area contributed by atoms with Crippen LogP contribution in [0, 0.1) is 0 Å². The van der Waals surface area contributed by atoms with Crippen molar-refractivity contribution in [2.75, 3.05) is 13.6 Å². The SMILES string of the molecule is CCn1cnnc1CNC(=NC)NCCc1cccs1.I. The van der Waals surface area contributed by atoms with Crippen LogP contribution in [0.4, 0.5) is 0 Å². The van der Waals surface area contributed by atoms with E-state index in [4.69, 9.17) is 0 Å². The average molecular weight is 420 g/mol. The first kappa shape index (κ1) is 17.9. The number of hydrogen-bond donors (Lipinski definition) is 2. The second-order valence-corrected chi connectivity index (χ2v) is 5.25. The molecular formula is C13H21IN6S. The number of aliphatic imine (C=N–C) groups is 1. The standard InChI is InChI=1S/C13H20N6S.HI/c1-3-19-10-17-18-12(19)9-16-13(14-2)15-7-6-11-5-4-8-20-11;/h4-5,8,10H,3,6-7,9H2,1-2H3,(H2,14,15,16);1H. The number of halogens is 1. The molecule has 0 bridgehead atoms. The Kier molecular flexibility index (Phi) is 8.28. The molecule has 2 rings (SSSR count). The van der Waals surface area contributed by atoms with Gasteiger partial charge in [0.05, 0.1) is 6.54 Å². The molecule has 2 N–H and O–H groups in total. The molecule has 0 aromatic carbocycles. The van der Waals surface area contributed by atoms with Crippen molar-refractivity contribution < 1.29 is 0 Å². The van der Waals surface area contributed by atoms with E-state index >= 15 is 0 Å². The summed E-state index contributed by atoms with van der Waals surface area (Å²) < 4.78 is 2.01. The molecule has 0 aliphatic rings. The third kappa shape index (κ3) is 5.62. The van der Waals surface area contributed by atoms with Crippen LogP contribution in [-0.2, 0) is 19.5 Å². The smallest absolute Gasteiger partial charge is 0.191 e. The molecule has 0 amide bonds. The van der Waals surface area contributed by atoms with E-state index in [0.29, 0.717) is 6.54 Å².